The van der Waals surface area contributed by atoms with Gasteiger partial charge in [-0.05, 0) is 0 Å². The van der Waals surface area contributed by atoms with Gasteiger partial charge in [0.1, 0.15) is 12.2 Å². The van der Waals surface area contributed by atoms with Crippen molar-refractivity contribution >= 4 is 11.9 Å². The van der Waals surface area contributed by atoms with Gasteiger partial charge in [0.25, 0.3) is 0 Å². The van der Waals surface area contributed by atoms with Crippen LogP contribution in [0, 0.1) is 0 Å². The first-order chi connectivity index (χ1) is 4.46. The molecule has 7 heteroatoms. The fourth-order valence-electron chi connectivity index (χ4n) is 0.258. The summed E-state index contributed by atoms with van der Waals surface area (Å²) in [6, 6.07) is 0. The third-order valence-electron chi connectivity index (χ3n) is 0.782. The summed E-state index contributed by atoms with van der Waals surface area (Å²) in [7, 11) is 0. The number of aliphatic hydroxyl groups excluding tert-OH is 2. The number of carboxylic acids is 2. The van der Waals surface area contributed by atoms with Gasteiger partial charge in [-0.25, -0.2) is 0 Å². The van der Waals surface area contributed by atoms with Crippen LogP contribution in [0.25, 0.3) is 0 Å². The number of rotatable bonds is 3. The van der Waals surface area contributed by atoms with Crippen LogP contribution >= 0.6 is 0 Å². The standard InChI is InChI=1S/C4H6O6.Zr/c5-1(3(7)8)2(6)4(9)10;/h1-2,5-6H,(H,7,8)(H,9,10);/q;+2/p-2. The van der Waals surface area contributed by atoms with Crippen molar-refractivity contribution in [3.05, 3.63) is 0 Å². The molecule has 6 nitrogen and oxygen atoms in total. The fourth-order valence-corrected chi connectivity index (χ4v) is 0.258. The van der Waals surface area contributed by atoms with Gasteiger partial charge in [-0.15, -0.1) is 0 Å². The van der Waals surface area contributed by atoms with Gasteiger partial charge in [0.2, 0.25) is 0 Å². The Morgan fingerprint density at radius 2 is 1.18 bits per heavy atom. The summed E-state index contributed by atoms with van der Waals surface area (Å²) in [6.45, 7) is 0. The van der Waals surface area contributed by atoms with E-state index in [-0.39, 0.29) is 26.2 Å². The van der Waals surface area contributed by atoms with Gasteiger partial charge >= 0.3 is 26.2 Å². The maximum Gasteiger partial charge on any atom is 2.00 e. The number of aliphatic hydroxyl groups is 2. The number of carboxylic acid groups (broad SMARTS) is 2. The number of carbonyl (C=O) groups excluding carboxylic acids is 2. The molecule has 0 aliphatic rings. The van der Waals surface area contributed by atoms with E-state index in [1.165, 1.54) is 0 Å². The molecule has 0 heterocycles. The van der Waals surface area contributed by atoms with Crippen molar-refractivity contribution < 1.29 is 56.2 Å². The molecule has 2 atom stereocenters. The van der Waals surface area contributed by atoms with Crippen LogP contribution < -0.4 is 10.2 Å². The van der Waals surface area contributed by atoms with Crippen LogP contribution in [0.15, 0.2) is 0 Å². The monoisotopic (exact) mass is 238 g/mol. The molecule has 0 aliphatic heterocycles. The normalized spacial score (nSPS) is 14.4. The van der Waals surface area contributed by atoms with Crippen LogP contribution in [0.3, 0.4) is 0 Å². The Balaban J connectivity index is 0. The molecule has 60 valence electrons. The van der Waals surface area contributed by atoms with Crippen molar-refractivity contribution in [3.8, 4) is 0 Å². The van der Waals surface area contributed by atoms with Gasteiger partial charge in [0.15, 0.2) is 0 Å². The predicted molar refractivity (Wildman–Crippen MR) is 22.0 cm³/mol. The van der Waals surface area contributed by atoms with E-state index in [0.29, 0.717) is 0 Å². The molecule has 0 aromatic carbocycles. The van der Waals surface area contributed by atoms with E-state index in [9.17, 15) is 19.8 Å². The Labute approximate surface area is 80.6 Å². The van der Waals surface area contributed by atoms with E-state index < -0.39 is 24.1 Å². The molecule has 0 saturated carbocycles. The average molecular weight is 239 g/mol. The van der Waals surface area contributed by atoms with E-state index in [2.05, 4.69) is 0 Å². The van der Waals surface area contributed by atoms with E-state index in [1.54, 1.807) is 0 Å². The van der Waals surface area contributed by atoms with E-state index in [4.69, 9.17) is 10.2 Å². The van der Waals surface area contributed by atoms with Crippen LogP contribution in [-0.4, -0.2) is 34.4 Å². The Bertz CT molecular complexity index is 139. The molecule has 0 bridgehead atoms. The smallest absolute Gasteiger partial charge is 0.547 e. The molecule has 0 amide bonds. The van der Waals surface area contributed by atoms with Crippen molar-refractivity contribution in [2.24, 2.45) is 0 Å². The number of hydrogen-bond donors (Lipinski definition) is 2. The maximum absolute atomic E-state index is 9.63. The SMILES string of the molecule is O=C([O-])C(O)C(O)C(=O)[O-].[Zr+2]. The van der Waals surface area contributed by atoms with Crippen molar-refractivity contribution in [2.75, 3.05) is 0 Å². The Hall–Kier alpha value is -0.257. The van der Waals surface area contributed by atoms with E-state index >= 15 is 0 Å². The predicted octanol–water partition coefficient (Wildman–Crippen LogP) is -4.79. The van der Waals surface area contributed by atoms with Crippen LogP contribution in [-0.2, 0) is 35.8 Å². The molecular formula is C4H4O6Zr. The van der Waals surface area contributed by atoms with Gasteiger partial charge in [-0.1, -0.05) is 0 Å². The molecule has 11 heavy (non-hydrogen) atoms. The third kappa shape index (κ3) is 4.24. The van der Waals surface area contributed by atoms with Crippen molar-refractivity contribution in [1.29, 1.82) is 0 Å². The van der Waals surface area contributed by atoms with Crippen LogP contribution in [0.5, 0.6) is 0 Å². The van der Waals surface area contributed by atoms with Gasteiger partial charge in [0.05, 0.1) is 11.9 Å². The van der Waals surface area contributed by atoms with Crippen LogP contribution in [0.1, 0.15) is 0 Å². The molecule has 0 aromatic heterocycles. The van der Waals surface area contributed by atoms with Gasteiger partial charge in [0, 0.05) is 0 Å². The molecule has 0 radical (unpaired) electrons. The molecule has 0 aliphatic carbocycles. The van der Waals surface area contributed by atoms with Crippen LogP contribution in [0.4, 0.5) is 0 Å². The van der Waals surface area contributed by atoms with E-state index in [0.717, 1.165) is 0 Å². The Morgan fingerprint density at radius 1 is 1.00 bits per heavy atom. The van der Waals surface area contributed by atoms with Gasteiger partial charge < -0.3 is 30.0 Å². The second-order valence-electron chi connectivity index (χ2n) is 1.53. The topological polar surface area (TPSA) is 121 Å². The molecule has 2 N–H and O–H groups in total. The second kappa shape index (κ2) is 5.40. The summed E-state index contributed by atoms with van der Waals surface area (Å²) in [5.74, 6) is -4.12. The first-order valence-corrected chi connectivity index (χ1v) is 2.24. The average Bonchev–Trinajstić information content (AvgIpc) is 1.84. The minimum atomic E-state index is -2.44. The minimum absolute atomic E-state index is 0. The molecule has 0 saturated heterocycles. The number of carbonyl (C=O) groups is 2. The zero-order chi connectivity index (χ0) is 8.31. The van der Waals surface area contributed by atoms with Crippen molar-refractivity contribution in [3.63, 3.8) is 0 Å². The largest absolute Gasteiger partial charge is 2.00 e. The quantitative estimate of drug-likeness (QED) is 0.510. The summed E-state index contributed by atoms with van der Waals surface area (Å²) in [6.07, 6.45) is -4.88. The van der Waals surface area contributed by atoms with Gasteiger partial charge in [-0.3, -0.25) is 0 Å². The molecule has 2 unspecified atom stereocenters. The second-order valence-corrected chi connectivity index (χ2v) is 1.53. The first-order valence-electron chi connectivity index (χ1n) is 2.24. The fraction of sp³-hybridized carbons (Fsp3) is 0.500. The summed E-state index contributed by atoms with van der Waals surface area (Å²) in [5.41, 5.74) is 0. The van der Waals surface area contributed by atoms with Crippen LogP contribution in [0.2, 0.25) is 0 Å². The summed E-state index contributed by atoms with van der Waals surface area (Å²) >= 11 is 0. The van der Waals surface area contributed by atoms with Crippen molar-refractivity contribution in [2.45, 2.75) is 12.2 Å². The molecule has 0 spiro atoms. The number of aliphatic carboxylic acids is 2. The van der Waals surface area contributed by atoms with E-state index in [1.807, 2.05) is 0 Å². The molecular weight excluding hydrogens is 235 g/mol. The Morgan fingerprint density at radius 3 is 1.27 bits per heavy atom. The molecule has 0 fully saturated rings. The van der Waals surface area contributed by atoms with Crippen molar-refractivity contribution in [1.82, 2.24) is 0 Å². The third-order valence-corrected chi connectivity index (χ3v) is 0.782. The van der Waals surface area contributed by atoms with Gasteiger partial charge in [-0.2, -0.15) is 0 Å². The summed E-state index contributed by atoms with van der Waals surface area (Å²) in [4.78, 5) is 19.3. The summed E-state index contributed by atoms with van der Waals surface area (Å²) < 4.78 is 0. The molecule has 0 aromatic rings. The maximum atomic E-state index is 9.63. The minimum Gasteiger partial charge on any atom is -0.547 e. The molecule has 0 rings (SSSR count). The summed E-state index contributed by atoms with van der Waals surface area (Å²) in [5, 5.41) is 35.7. The zero-order valence-corrected chi connectivity index (χ0v) is 7.64. The Kier molecular flexibility index (Phi) is 6.55. The zero-order valence-electron chi connectivity index (χ0n) is 5.18. The number of hydrogen-bond acceptors (Lipinski definition) is 6. The first kappa shape index (κ1) is 13.3.